The Morgan fingerprint density at radius 3 is 1.96 bits per heavy atom. The molecule has 0 bridgehead atoms. The number of ether oxygens (including phenoxy) is 1. The molecule has 0 aliphatic heterocycles. The second-order valence-electron chi connectivity index (χ2n) is 5.90. The average Bonchev–Trinajstić information content (AvgIpc) is 2.68. The first kappa shape index (κ1) is 22.0. The van der Waals surface area contributed by atoms with Crippen LogP contribution in [0.4, 0.5) is 4.79 Å². The Morgan fingerprint density at radius 2 is 1.50 bits per heavy atom. The van der Waals surface area contributed by atoms with Crippen molar-refractivity contribution in [1.82, 2.24) is 4.90 Å². The number of hydrogen-bond acceptors (Lipinski definition) is 3. The van der Waals surface area contributed by atoms with E-state index in [1.807, 2.05) is 68.4 Å². The summed E-state index contributed by atoms with van der Waals surface area (Å²) in [7, 11) is 1.42. The van der Waals surface area contributed by atoms with E-state index in [4.69, 9.17) is 17.3 Å². The van der Waals surface area contributed by atoms with Gasteiger partial charge in [-0.2, -0.15) is 0 Å². The molecule has 1 atom stereocenters. The van der Waals surface area contributed by atoms with Crippen LogP contribution in [-0.2, 0) is 4.74 Å². The van der Waals surface area contributed by atoms with Crippen molar-refractivity contribution in [3.8, 4) is 0 Å². The third kappa shape index (κ3) is 7.46. The molecule has 1 unspecified atom stereocenters. The Bertz CT molecular complexity index is 626. The number of hydrogen-bond donors (Lipinski definition) is 1. The zero-order valence-electron chi connectivity index (χ0n) is 15.8. The molecule has 0 radical (unpaired) electrons. The molecule has 0 saturated carbocycles. The van der Waals surface area contributed by atoms with Crippen LogP contribution in [0.3, 0.4) is 0 Å². The predicted molar refractivity (Wildman–Crippen MR) is 108 cm³/mol. The van der Waals surface area contributed by atoms with E-state index in [0.29, 0.717) is 0 Å². The van der Waals surface area contributed by atoms with Crippen molar-refractivity contribution >= 4 is 17.7 Å². The van der Waals surface area contributed by atoms with Crippen LogP contribution in [0.15, 0.2) is 54.6 Å². The largest absolute Gasteiger partial charge is 0.453 e. The third-order valence-electron chi connectivity index (χ3n) is 3.81. The smallest absolute Gasteiger partial charge is 0.409 e. The summed E-state index contributed by atoms with van der Waals surface area (Å²) in [5, 5.41) is 0.735. The lowest BCUT2D eigenvalue weighted by Gasteiger charge is -2.19. The van der Waals surface area contributed by atoms with E-state index in [1.54, 1.807) is 4.90 Å². The molecule has 5 heteroatoms. The van der Waals surface area contributed by atoms with Crippen LogP contribution in [0.2, 0.25) is 5.02 Å². The monoisotopic (exact) mass is 376 g/mol. The SMILES string of the molecule is CCCN(CCC)C(=O)OC.NC(c1ccccc1)c1ccc(Cl)cc1. The van der Waals surface area contributed by atoms with Crippen molar-refractivity contribution in [3.05, 3.63) is 70.7 Å². The molecule has 0 fully saturated rings. The van der Waals surface area contributed by atoms with Gasteiger partial charge in [-0.1, -0.05) is 67.9 Å². The molecule has 142 valence electrons. The van der Waals surface area contributed by atoms with Gasteiger partial charge in [0.05, 0.1) is 13.2 Å². The summed E-state index contributed by atoms with van der Waals surface area (Å²) >= 11 is 5.82. The summed E-state index contributed by atoms with van der Waals surface area (Å²) in [6.07, 6.45) is 1.75. The topological polar surface area (TPSA) is 55.6 Å². The standard InChI is InChI=1S/C13H12ClN.C8H17NO2/c14-12-8-6-11(7-9-12)13(15)10-4-2-1-3-5-10;1-4-6-9(7-5-2)8(10)11-3/h1-9,13H,15H2;4-7H2,1-3H3. The third-order valence-corrected chi connectivity index (χ3v) is 4.06. The average molecular weight is 377 g/mol. The first-order chi connectivity index (χ1) is 12.5. The Morgan fingerprint density at radius 1 is 1.00 bits per heavy atom. The highest BCUT2D eigenvalue weighted by molar-refractivity contribution is 6.30. The van der Waals surface area contributed by atoms with E-state index in [9.17, 15) is 4.79 Å². The molecule has 0 aromatic heterocycles. The number of amides is 1. The number of methoxy groups -OCH3 is 1. The summed E-state index contributed by atoms with van der Waals surface area (Å²) < 4.78 is 4.60. The maximum Gasteiger partial charge on any atom is 0.409 e. The van der Waals surface area contributed by atoms with Gasteiger partial charge in [-0.3, -0.25) is 0 Å². The molecular weight excluding hydrogens is 348 g/mol. The molecule has 26 heavy (non-hydrogen) atoms. The summed E-state index contributed by atoms with van der Waals surface area (Å²) in [6, 6.07) is 17.6. The van der Waals surface area contributed by atoms with Crippen LogP contribution in [0.25, 0.3) is 0 Å². The minimum atomic E-state index is -0.214. The van der Waals surface area contributed by atoms with Crippen LogP contribution < -0.4 is 5.73 Å². The highest BCUT2D eigenvalue weighted by Gasteiger charge is 2.10. The van der Waals surface area contributed by atoms with Crippen molar-refractivity contribution in [1.29, 1.82) is 0 Å². The maximum absolute atomic E-state index is 11.0. The number of nitrogens with zero attached hydrogens (tertiary/aromatic N) is 1. The lowest BCUT2D eigenvalue weighted by Crippen LogP contribution is -2.32. The van der Waals surface area contributed by atoms with Gasteiger partial charge >= 0.3 is 6.09 Å². The van der Waals surface area contributed by atoms with E-state index in [-0.39, 0.29) is 12.1 Å². The van der Waals surface area contributed by atoms with Crippen molar-refractivity contribution in [2.24, 2.45) is 5.73 Å². The number of benzene rings is 2. The second-order valence-corrected chi connectivity index (χ2v) is 6.33. The Balaban J connectivity index is 0.000000276. The van der Waals surface area contributed by atoms with E-state index in [0.717, 1.165) is 42.1 Å². The summed E-state index contributed by atoms with van der Waals surface area (Å²) in [5.74, 6) is 0. The molecule has 4 nitrogen and oxygen atoms in total. The van der Waals surface area contributed by atoms with Crippen LogP contribution in [0.1, 0.15) is 43.9 Å². The van der Waals surface area contributed by atoms with Crippen LogP contribution in [0.5, 0.6) is 0 Å². The van der Waals surface area contributed by atoms with E-state index in [1.165, 1.54) is 7.11 Å². The van der Waals surface area contributed by atoms with Gasteiger partial charge < -0.3 is 15.4 Å². The fraction of sp³-hybridized carbons (Fsp3) is 0.381. The van der Waals surface area contributed by atoms with Crippen molar-refractivity contribution in [3.63, 3.8) is 0 Å². The number of halogens is 1. The molecule has 2 rings (SSSR count). The molecule has 2 aromatic rings. The van der Waals surface area contributed by atoms with E-state index in [2.05, 4.69) is 4.74 Å². The highest BCUT2D eigenvalue weighted by Crippen LogP contribution is 2.20. The number of carbonyl (C=O) groups is 1. The van der Waals surface area contributed by atoms with Gasteiger partial charge in [-0.05, 0) is 36.1 Å². The Labute approximate surface area is 161 Å². The summed E-state index contributed by atoms with van der Waals surface area (Å²) in [6.45, 7) is 5.68. The fourth-order valence-electron chi connectivity index (χ4n) is 2.49. The van der Waals surface area contributed by atoms with Crippen LogP contribution in [0, 0.1) is 0 Å². The van der Waals surface area contributed by atoms with Crippen molar-refractivity contribution in [2.45, 2.75) is 32.7 Å². The zero-order chi connectivity index (χ0) is 19.4. The molecule has 0 saturated heterocycles. The van der Waals surface area contributed by atoms with Gasteiger partial charge in [-0.15, -0.1) is 0 Å². The quantitative estimate of drug-likeness (QED) is 0.747. The predicted octanol–water partition coefficient (Wildman–Crippen LogP) is 5.26. The summed E-state index contributed by atoms with van der Waals surface area (Å²) in [5.41, 5.74) is 8.31. The van der Waals surface area contributed by atoms with Crippen LogP contribution in [-0.4, -0.2) is 31.2 Å². The Kier molecular flexibility index (Phi) is 10.4. The number of carbonyl (C=O) groups excluding carboxylic acids is 1. The lowest BCUT2D eigenvalue weighted by molar-refractivity contribution is 0.123. The Hall–Kier alpha value is -2.04. The first-order valence-corrected chi connectivity index (χ1v) is 9.30. The minimum absolute atomic E-state index is 0.0801. The first-order valence-electron chi connectivity index (χ1n) is 8.92. The molecule has 0 heterocycles. The van der Waals surface area contributed by atoms with Gasteiger partial charge in [0.1, 0.15) is 0 Å². The minimum Gasteiger partial charge on any atom is -0.453 e. The van der Waals surface area contributed by atoms with Crippen molar-refractivity contribution in [2.75, 3.05) is 20.2 Å². The van der Waals surface area contributed by atoms with Gasteiger partial charge in [0, 0.05) is 18.1 Å². The molecule has 0 aliphatic carbocycles. The van der Waals surface area contributed by atoms with Crippen molar-refractivity contribution < 1.29 is 9.53 Å². The number of rotatable bonds is 6. The molecule has 1 amide bonds. The van der Waals surface area contributed by atoms with Gasteiger partial charge in [0.2, 0.25) is 0 Å². The van der Waals surface area contributed by atoms with E-state index < -0.39 is 0 Å². The van der Waals surface area contributed by atoms with Gasteiger partial charge in [0.25, 0.3) is 0 Å². The van der Waals surface area contributed by atoms with Gasteiger partial charge in [-0.25, -0.2) is 4.79 Å². The second kappa shape index (κ2) is 12.3. The molecular formula is C21H29ClN2O2. The highest BCUT2D eigenvalue weighted by atomic mass is 35.5. The zero-order valence-corrected chi connectivity index (χ0v) is 16.6. The fourth-order valence-corrected chi connectivity index (χ4v) is 2.61. The molecule has 2 N–H and O–H groups in total. The molecule has 0 aliphatic rings. The normalized spacial score (nSPS) is 11.1. The van der Waals surface area contributed by atoms with E-state index >= 15 is 0 Å². The number of nitrogens with two attached hydrogens (primary N) is 1. The lowest BCUT2D eigenvalue weighted by atomic mass is 10.00. The van der Waals surface area contributed by atoms with Crippen LogP contribution >= 0.6 is 11.6 Å². The molecule has 2 aromatic carbocycles. The molecule has 0 spiro atoms. The summed E-state index contributed by atoms with van der Waals surface area (Å²) in [4.78, 5) is 12.7. The maximum atomic E-state index is 11.0. The van der Waals surface area contributed by atoms with Gasteiger partial charge in [0.15, 0.2) is 0 Å².